The summed E-state index contributed by atoms with van der Waals surface area (Å²) in [5.74, 6) is 1.58. The second-order valence-corrected chi connectivity index (χ2v) is 7.61. The van der Waals surface area contributed by atoms with Crippen LogP contribution in [0.25, 0.3) is 0 Å². The van der Waals surface area contributed by atoms with E-state index < -0.39 is 0 Å². The summed E-state index contributed by atoms with van der Waals surface area (Å²) in [4.78, 5) is 25.4. The van der Waals surface area contributed by atoms with Crippen LogP contribution < -0.4 is 0 Å². The van der Waals surface area contributed by atoms with E-state index >= 15 is 0 Å². The first kappa shape index (κ1) is 18.1. The maximum Gasteiger partial charge on any atom is 0.236 e. The molecular formula is C19H25N5O3. The Kier molecular flexibility index (Phi) is 4.92. The molecular weight excluding hydrogens is 346 g/mol. The van der Waals surface area contributed by atoms with Crippen molar-refractivity contribution in [1.29, 1.82) is 0 Å². The van der Waals surface area contributed by atoms with Crippen LogP contribution in [0.1, 0.15) is 30.1 Å². The van der Waals surface area contributed by atoms with Crippen LogP contribution in [0.15, 0.2) is 29.0 Å². The molecule has 0 unspecified atom stereocenters. The minimum absolute atomic E-state index is 0.0164. The molecule has 1 N–H and O–H groups in total. The van der Waals surface area contributed by atoms with E-state index in [0.29, 0.717) is 30.7 Å². The van der Waals surface area contributed by atoms with Crippen LogP contribution >= 0.6 is 0 Å². The first-order chi connectivity index (χ1) is 13.1. The zero-order chi connectivity index (χ0) is 18.9. The maximum atomic E-state index is 12.4. The fourth-order valence-corrected chi connectivity index (χ4v) is 4.50. The number of carbonyl (C=O) groups excluding carboxylic acids is 1. The van der Waals surface area contributed by atoms with E-state index in [2.05, 4.69) is 26.1 Å². The molecule has 0 spiro atoms. The van der Waals surface area contributed by atoms with Gasteiger partial charge >= 0.3 is 0 Å². The summed E-state index contributed by atoms with van der Waals surface area (Å²) in [6, 6.07) is 4.03. The van der Waals surface area contributed by atoms with Crippen LogP contribution in [0.3, 0.4) is 0 Å². The Hall–Kier alpha value is -2.32. The van der Waals surface area contributed by atoms with Crippen LogP contribution in [0.2, 0.25) is 0 Å². The Bertz CT molecular complexity index is 796. The molecule has 2 aliphatic rings. The van der Waals surface area contributed by atoms with Crippen LogP contribution in [-0.2, 0) is 16.8 Å². The SMILES string of the molecule is Cc1noc([C@@]23CN(Cc4cccnc4)C[C@@H]2CCN(C(=O)CCO)C3)n1. The van der Waals surface area contributed by atoms with Crippen molar-refractivity contribution in [2.24, 2.45) is 5.92 Å². The zero-order valence-corrected chi connectivity index (χ0v) is 15.5. The van der Waals surface area contributed by atoms with E-state index in [1.54, 1.807) is 6.20 Å². The topological polar surface area (TPSA) is 95.6 Å². The third kappa shape index (κ3) is 3.46. The molecule has 0 radical (unpaired) electrons. The van der Waals surface area contributed by atoms with Crippen LogP contribution in [-0.4, -0.2) is 68.7 Å². The summed E-state index contributed by atoms with van der Waals surface area (Å²) in [6.45, 7) is 5.46. The Labute approximate surface area is 158 Å². The van der Waals surface area contributed by atoms with E-state index in [-0.39, 0.29) is 24.3 Å². The van der Waals surface area contributed by atoms with E-state index in [1.807, 2.05) is 24.1 Å². The second-order valence-electron chi connectivity index (χ2n) is 7.61. The van der Waals surface area contributed by atoms with Gasteiger partial charge in [-0.05, 0) is 30.9 Å². The highest BCUT2D eigenvalue weighted by Crippen LogP contribution is 2.44. The predicted octanol–water partition coefficient (Wildman–Crippen LogP) is 0.758. The molecule has 2 saturated heterocycles. The number of aromatic nitrogens is 3. The van der Waals surface area contributed by atoms with Crippen LogP contribution in [0.4, 0.5) is 0 Å². The van der Waals surface area contributed by atoms with Gasteiger partial charge in [0.25, 0.3) is 0 Å². The van der Waals surface area contributed by atoms with Crippen molar-refractivity contribution < 1.29 is 14.4 Å². The molecule has 2 fully saturated rings. The number of nitrogens with zero attached hydrogens (tertiary/aromatic N) is 5. The predicted molar refractivity (Wildman–Crippen MR) is 96.6 cm³/mol. The van der Waals surface area contributed by atoms with Crippen molar-refractivity contribution in [3.8, 4) is 0 Å². The lowest BCUT2D eigenvalue weighted by Gasteiger charge is -2.41. The Morgan fingerprint density at radius 1 is 1.44 bits per heavy atom. The first-order valence-electron chi connectivity index (χ1n) is 9.41. The number of hydrogen-bond donors (Lipinski definition) is 1. The summed E-state index contributed by atoms with van der Waals surface area (Å²) < 4.78 is 5.61. The van der Waals surface area contributed by atoms with Gasteiger partial charge in [0.05, 0.1) is 12.0 Å². The van der Waals surface area contributed by atoms with Gasteiger partial charge in [0.2, 0.25) is 11.8 Å². The molecule has 8 nitrogen and oxygen atoms in total. The largest absolute Gasteiger partial charge is 0.396 e. The van der Waals surface area contributed by atoms with Gasteiger partial charge in [0, 0.05) is 51.5 Å². The van der Waals surface area contributed by atoms with Crippen molar-refractivity contribution in [2.75, 3.05) is 32.8 Å². The molecule has 4 rings (SSSR count). The maximum absolute atomic E-state index is 12.4. The minimum Gasteiger partial charge on any atom is -0.396 e. The number of aryl methyl sites for hydroxylation is 1. The van der Waals surface area contributed by atoms with Crippen molar-refractivity contribution in [2.45, 2.75) is 31.7 Å². The number of likely N-dealkylation sites (tertiary alicyclic amines) is 2. The summed E-state index contributed by atoms with van der Waals surface area (Å²) in [7, 11) is 0. The van der Waals surface area contributed by atoms with Gasteiger partial charge in [-0.15, -0.1) is 0 Å². The fraction of sp³-hybridized carbons (Fsp3) is 0.579. The number of amides is 1. The van der Waals surface area contributed by atoms with Gasteiger partial charge in [-0.2, -0.15) is 4.98 Å². The highest BCUT2D eigenvalue weighted by atomic mass is 16.5. The van der Waals surface area contributed by atoms with Crippen molar-refractivity contribution in [1.82, 2.24) is 24.9 Å². The first-order valence-corrected chi connectivity index (χ1v) is 9.41. The molecule has 8 heteroatoms. The van der Waals surface area contributed by atoms with Crippen molar-refractivity contribution >= 4 is 5.91 Å². The molecule has 2 aliphatic heterocycles. The quantitative estimate of drug-likeness (QED) is 0.829. The third-order valence-corrected chi connectivity index (χ3v) is 5.75. The molecule has 1 amide bonds. The van der Waals surface area contributed by atoms with Gasteiger partial charge in [0.15, 0.2) is 5.82 Å². The normalized spacial score (nSPS) is 25.6. The van der Waals surface area contributed by atoms with Gasteiger partial charge in [-0.1, -0.05) is 11.2 Å². The molecule has 0 aromatic carbocycles. The zero-order valence-electron chi connectivity index (χ0n) is 15.5. The number of fused-ring (bicyclic) bond motifs is 1. The van der Waals surface area contributed by atoms with Crippen molar-refractivity contribution in [3.05, 3.63) is 41.8 Å². The molecule has 2 aromatic heterocycles. The monoisotopic (exact) mass is 371 g/mol. The third-order valence-electron chi connectivity index (χ3n) is 5.75. The summed E-state index contributed by atoms with van der Waals surface area (Å²) in [5, 5.41) is 13.1. The Morgan fingerprint density at radius 3 is 3.04 bits per heavy atom. The molecule has 0 bridgehead atoms. The standard InChI is InChI=1S/C19H25N5O3/c1-14-21-18(27-22-14)19-12-23(10-15-3-2-6-20-9-15)11-16(19)4-7-24(13-19)17(26)5-8-25/h2-3,6,9,16,25H,4-5,7-8,10-13H2,1H3/t16-,19+/m0/s1. The van der Waals surface area contributed by atoms with Crippen LogP contribution in [0.5, 0.6) is 0 Å². The van der Waals surface area contributed by atoms with E-state index in [4.69, 9.17) is 9.63 Å². The number of pyridine rings is 1. The van der Waals surface area contributed by atoms with Gasteiger partial charge in [-0.3, -0.25) is 14.7 Å². The number of piperidine rings is 1. The lowest BCUT2D eigenvalue weighted by Crippen LogP contribution is -2.53. The number of carbonyl (C=O) groups is 1. The summed E-state index contributed by atoms with van der Waals surface area (Å²) in [5.41, 5.74) is 0.813. The fourth-order valence-electron chi connectivity index (χ4n) is 4.50. The van der Waals surface area contributed by atoms with Gasteiger partial charge < -0.3 is 14.5 Å². The van der Waals surface area contributed by atoms with Crippen LogP contribution in [0, 0.1) is 12.8 Å². The summed E-state index contributed by atoms with van der Waals surface area (Å²) in [6.07, 6.45) is 4.72. The van der Waals surface area contributed by atoms with E-state index in [1.165, 1.54) is 5.56 Å². The minimum atomic E-state index is -0.354. The average Bonchev–Trinajstić information content (AvgIpc) is 3.26. The summed E-state index contributed by atoms with van der Waals surface area (Å²) >= 11 is 0. The second kappa shape index (κ2) is 7.36. The van der Waals surface area contributed by atoms with E-state index in [9.17, 15) is 4.79 Å². The molecule has 2 aromatic rings. The molecule has 2 atom stereocenters. The lowest BCUT2D eigenvalue weighted by atomic mass is 9.73. The molecule has 0 saturated carbocycles. The molecule has 144 valence electrons. The van der Waals surface area contributed by atoms with Gasteiger partial charge in [0.1, 0.15) is 0 Å². The number of aliphatic hydroxyl groups excluding tert-OH is 1. The van der Waals surface area contributed by atoms with Crippen molar-refractivity contribution in [3.63, 3.8) is 0 Å². The lowest BCUT2D eigenvalue weighted by molar-refractivity contribution is -0.135. The van der Waals surface area contributed by atoms with E-state index in [0.717, 1.165) is 26.1 Å². The smallest absolute Gasteiger partial charge is 0.236 e. The molecule has 4 heterocycles. The Morgan fingerprint density at radius 2 is 2.33 bits per heavy atom. The number of hydrogen-bond acceptors (Lipinski definition) is 7. The Balaban J connectivity index is 1.60. The molecule has 0 aliphatic carbocycles. The number of aliphatic hydroxyl groups is 1. The average molecular weight is 371 g/mol. The molecule has 27 heavy (non-hydrogen) atoms. The highest BCUT2D eigenvalue weighted by molar-refractivity contribution is 5.76. The van der Waals surface area contributed by atoms with Gasteiger partial charge in [-0.25, -0.2) is 0 Å². The highest BCUT2D eigenvalue weighted by Gasteiger charge is 2.54. The number of rotatable bonds is 5.